The molecule has 1 aromatic carbocycles. The van der Waals surface area contributed by atoms with Crippen LogP contribution in [-0.4, -0.2) is 33.3 Å². The van der Waals surface area contributed by atoms with Crippen molar-refractivity contribution in [2.75, 3.05) is 18.0 Å². The molecule has 0 N–H and O–H groups in total. The van der Waals surface area contributed by atoms with E-state index < -0.39 is 11.6 Å². The lowest BCUT2D eigenvalue weighted by molar-refractivity contribution is 0.426. The molecule has 1 saturated heterocycles. The molecule has 0 aliphatic carbocycles. The molecule has 1 atom stereocenters. The van der Waals surface area contributed by atoms with Crippen LogP contribution in [0.25, 0.3) is 0 Å². The Bertz CT molecular complexity index is 522. The molecule has 2 aromatic rings. The first kappa shape index (κ1) is 11.1. The second-order valence-electron chi connectivity index (χ2n) is 4.22. The minimum absolute atomic E-state index is 0.00602. The van der Waals surface area contributed by atoms with Crippen LogP contribution >= 0.6 is 0 Å². The molecule has 0 radical (unpaired) electrons. The number of hydrogen-bond acceptors (Lipinski definition) is 4. The standard InChI is InChI=1S/C11H11F2N5/c12-9-2-1-3-10(13)11(9)17-5-4-8(6-17)18-15-7-14-16-18/h1-3,7-8H,4-6H2. The lowest BCUT2D eigenvalue weighted by Gasteiger charge is -2.19. The van der Waals surface area contributed by atoms with E-state index in [1.54, 1.807) is 4.90 Å². The Kier molecular flexibility index (Phi) is 2.66. The normalized spacial score (nSPS) is 19.4. The molecular weight excluding hydrogens is 240 g/mol. The Hall–Kier alpha value is -2.05. The Balaban J connectivity index is 1.84. The van der Waals surface area contributed by atoms with Crippen molar-refractivity contribution in [2.24, 2.45) is 0 Å². The molecule has 1 aromatic heterocycles. The summed E-state index contributed by atoms with van der Waals surface area (Å²) in [6.07, 6.45) is 2.09. The van der Waals surface area contributed by atoms with Gasteiger partial charge in [-0.25, -0.2) is 8.78 Å². The molecule has 0 spiro atoms. The van der Waals surface area contributed by atoms with Crippen molar-refractivity contribution < 1.29 is 8.78 Å². The maximum Gasteiger partial charge on any atom is 0.162 e. The highest BCUT2D eigenvalue weighted by atomic mass is 19.1. The minimum Gasteiger partial charge on any atom is -0.364 e. The summed E-state index contributed by atoms with van der Waals surface area (Å²) >= 11 is 0. The third-order valence-electron chi connectivity index (χ3n) is 3.11. The highest BCUT2D eigenvalue weighted by molar-refractivity contribution is 5.50. The average Bonchev–Trinajstić information content (AvgIpc) is 2.99. The van der Waals surface area contributed by atoms with Gasteiger partial charge in [0.15, 0.2) is 6.33 Å². The molecule has 7 heteroatoms. The minimum atomic E-state index is -0.540. The lowest BCUT2D eigenvalue weighted by Crippen LogP contribution is -2.23. The van der Waals surface area contributed by atoms with Crippen LogP contribution in [0.15, 0.2) is 24.5 Å². The highest BCUT2D eigenvalue weighted by Crippen LogP contribution is 2.29. The summed E-state index contributed by atoms with van der Waals surface area (Å²) in [5, 5.41) is 11.4. The van der Waals surface area contributed by atoms with Crippen LogP contribution in [0, 0.1) is 11.6 Å². The first-order valence-corrected chi connectivity index (χ1v) is 5.67. The number of nitrogens with zero attached hydrogens (tertiary/aromatic N) is 5. The fourth-order valence-corrected chi connectivity index (χ4v) is 2.27. The Labute approximate surface area is 102 Å². The maximum atomic E-state index is 13.6. The number of hydrogen-bond donors (Lipinski definition) is 0. The van der Waals surface area contributed by atoms with E-state index in [9.17, 15) is 8.78 Å². The van der Waals surface area contributed by atoms with Gasteiger partial charge >= 0.3 is 0 Å². The summed E-state index contributed by atoms with van der Waals surface area (Å²) in [5.74, 6) is -1.08. The zero-order valence-electron chi connectivity index (χ0n) is 9.50. The summed E-state index contributed by atoms with van der Waals surface area (Å²) in [6, 6.07) is 3.89. The third kappa shape index (κ3) is 1.81. The van der Waals surface area contributed by atoms with Gasteiger partial charge in [0, 0.05) is 13.1 Å². The topological polar surface area (TPSA) is 46.8 Å². The van der Waals surface area contributed by atoms with Crippen molar-refractivity contribution in [3.63, 3.8) is 0 Å². The van der Waals surface area contributed by atoms with Gasteiger partial charge in [-0.2, -0.15) is 4.80 Å². The van der Waals surface area contributed by atoms with Crippen molar-refractivity contribution in [1.29, 1.82) is 0 Å². The van der Waals surface area contributed by atoms with Gasteiger partial charge in [-0.15, -0.1) is 10.2 Å². The van der Waals surface area contributed by atoms with E-state index >= 15 is 0 Å². The van der Waals surface area contributed by atoms with Gasteiger partial charge in [-0.1, -0.05) is 6.07 Å². The smallest absolute Gasteiger partial charge is 0.162 e. The molecule has 1 fully saturated rings. The van der Waals surface area contributed by atoms with Crippen LogP contribution in [0.2, 0.25) is 0 Å². The highest BCUT2D eigenvalue weighted by Gasteiger charge is 2.28. The second kappa shape index (κ2) is 4.32. The third-order valence-corrected chi connectivity index (χ3v) is 3.11. The van der Waals surface area contributed by atoms with Crippen LogP contribution in [-0.2, 0) is 0 Å². The van der Waals surface area contributed by atoms with Crippen LogP contribution in [0.4, 0.5) is 14.5 Å². The number of anilines is 1. The van der Waals surface area contributed by atoms with E-state index in [1.165, 1.54) is 29.3 Å². The monoisotopic (exact) mass is 251 g/mol. The molecule has 1 unspecified atom stereocenters. The number of tetrazole rings is 1. The van der Waals surface area contributed by atoms with E-state index in [4.69, 9.17) is 0 Å². The predicted molar refractivity (Wildman–Crippen MR) is 60.0 cm³/mol. The number of rotatable bonds is 2. The number of para-hydroxylation sites is 1. The van der Waals surface area contributed by atoms with Crippen molar-refractivity contribution in [1.82, 2.24) is 20.2 Å². The second-order valence-corrected chi connectivity index (χ2v) is 4.22. The van der Waals surface area contributed by atoms with Gasteiger partial charge in [0.25, 0.3) is 0 Å². The number of aromatic nitrogens is 4. The van der Waals surface area contributed by atoms with Crippen LogP contribution in [0.1, 0.15) is 12.5 Å². The van der Waals surface area contributed by atoms with Gasteiger partial charge in [0.2, 0.25) is 0 Å². The zero-order valence-corrected chi connectivity index (χ0v) is 9.50. The van der Waals surface area contributed by atoms with Crippen molar-refractivity contribution in [3.05, 3.63) is 36.2 Å². The fourth-order valence-electron chi connectivity index (χ4n) is 2.27. The van der Waals surface area contributed by atoms with Crippen LogP contribution < -0.4 is 4.90 Å². The van der Waals surface area contributed by atoms with E-state index in [0.717, 1.165) is 6.42 Å². The molecule has 94 valence electrons. The van der Waals surface area contributed by atoms with Crippen LogP contribution in [0.3, 0.4) is 0 Å². The average molecular weight is 251 g/mol. The molecule has 0 bridgehead atoms. The summed E-state index contributed by atoms with van der Waals surface area (Å²) < 4.78 is 27.3. The van der Waals surface area contributed by atoms with Gasteiger partial charge in [-0.3, -0.25) is 0 Å². The molecule has 0 saturated carbocycles. The van der Waals surface area contributed by atoms with Gasteiger partial charge in [0.1, 0.15) is 17.3 Å². The van der Waals surface area contributed by atoms with Crippen molar-refractivity contribution in [3.8, 4) is 0 Å². The summed E-state index contributed by atoms with van der Waals surface area (Å²) in [6.45, 7) is 1.05. The molecule has 1 aliphatic heterocycles. The van der Waals surface area contributed by atoms with Gasteiger partial charge in [0.05, 0.1) is 6.04 Å². The lowest BCUT2D eigenvalue weighted by atomic mass is 10.2. The van der Waals surface area contributed by atoms with E-state index in [-0.39, 0.29) is 11.7 Å². The first-order valence-electron chi connectivity index (χ1n) is 5.67. The first-order chi connectivity index (χ1) is 8.75. The molecular formula is C11H11F2N5. The number of benzene rings is 1. The largest absolute Gasteiger partial charge is 0.364 e. The van der Waals surface area contributed by atoms with E-state index in [1.807, 2.05) is 0 Å². The molecule has 2 heterocycles. The van der Waals surface area contributed by atoms with E-state index in [2.05, 4.69) is 15.4 Å². The number of halogens is 2. The van der Waals surface area contributed by atoms with Crippen molar-refractivity contribution >= 4 is 5.69 Å². The van der Waals surface area contributed by atoms with Crippen LogP contribution in [0.5, 0.6) is 0 Å². The quantitative estimate of drug-likeness (QED) is 0.809. The summed E-state index contributed by atoms with van der Waals surface area (Å²) in [5.41, 5.74) is 0.0279. The molecule has 0 amide bonds. The fraction of sp³-hybridized carbons (Fsp3) is 0.364. The van der Waals surface area contributed by atoms with E-state index in [0.29, 0.717) is 13.1 Å². The summed E-state index contributed by atoms with van der Waals surface area (Å²) in [4.78, 5) is 3.16. The zero-order chi connectivity index (χ0) is 12.5. The van der Waals surface area contributed by atoms with Crippen molar-refractivity contribution in [2.45, 2.75) is 12.5 Å². The van der Waals surface area contributed by atoms with Gasteiger partial charge in [-0.05, 0) is 23.8 Å². The Morgan fingerprint density at radius 1 is 1.22 bits per heavy atom. The van der Waals surface area contributed by atoms with Gasteiger partial charge < -0.3 is 4.90 Å². The Morgan fingerprint density at radius 3 is 2.67 bits per heavy atom. The molecule has 18 heavy (non-hydrogen) atoms. The maximum absolute atomic E-state index is 13.6. The molecule has 3 rings (SSSR count). The summed E-state index contributed by atoms with van der Waals surface area (Å²) in [7, 11) is 0. The molecule has 5 nitrogen and oxygen atoms in total. The SMILES string of the molecule is Fc1cccc(F)c1N1CCC(n2ncnn2)C1. The Morgan fingerprint density at radius 2 is 2.00 bits per heavy atom. The molecule has 1 aliphatic rings. The predicted octanol–water partition coefficient (Wildman–Crippen LogP) is 1.40.